The van der Waals surface area contributed by atoms with Gasteiger partial charge in [-0.1, -0.05) is 30.3 Å². The van der Waals surface area contributed by atoms with E-state index in [4.69, 9.17) is 15.2 Å². The fraction of sp³-hybridized carbons (Fsp3) is 0.529. The standard InChI is InChI=1S/C17H22N2O4/c1-22-14(20)16-7-8-17(18,10-16)12-19(11-16)15(21)23-9-13-5-3-2-4-6-13/h2-6H,7-12,18H2,1H3. The second kappa shape index (κ2) is 5.85. The van der Waals surface area contributed by atoms with Crippen molar-refractivity contribution in [2.24, 2.45) is 11.1 Å². The molecule has 1 saturated carbocycles. The van der Waals surface area contributed by atoms with Gasteiger partial charge >= 0.3 is 12.1 Å². The molecule has 0 radical (unpaired) electrons. The van der Waals surface area contributed by atoms with Crippen molar-refractivity contribution in [2.45, 2.75) is 31.4 Å². The highest BCUT2D eigenvalue weighted by molar-refractivity contribution is 5.79. The monoisotopic (exact) mass is 318 g/mol. The molecular weight excluding hydrogens is 296 g/mol. The average Bonchev–Trinajstić information content (AvgIpc) is 2.82. The van der Waals surface area contributed by atoms with Crippen molar-refractivity contribution in [3.8, 4) is 0 Å². The second-order valence-corrected chi connectivity index (χ2v) is 6.71. The molecule has 124 valence electrons. The first-order valence-corrected chi connectivity index (χ1v) is 7.79. The number of hydrogen-bond acceptors (Lipinski definition) is 5. The summed E-state index contributed by atoms with van der Waals surface area (Å²) in [5, 5.41) is 0. The summed E-state index contributed by atoms with van der Waals surface area (Å²) in [5.74, 6) is -0.287. The van der Waals surface area contributed by atoms with E-state index in [1.54, 1.807) is 4.90 Å². The van der Waals surface area contributed by atoms with Gasteiger partial charge < -0.3 is 20.1 Å². The van der Waals surface area contributed by atoms with Gasteiger partial charge in [0.2, 0.25) is 0 Å². The Labute approximate surface area is 135 Å². The largest absolute Gasteiger partial charge is 0.469 e. The molecule has 1 saturated heterocycles. The minimum Gasteiger partial charge on any atom is -0.469 e. The summed E-state index contributed by atoms with van der Waals surface area (Å²) < 4.78 is 10.3. The zero-order chi connectivity index (χ0) is 16.5. The molecule has 2 atom stereocenters. The molecule has 1 aliphatic carbocycles. The summed E-state index contributed by atoms with van der Waals surface area (Å²) in [6.07, 6.45) is 1.50. The fourth-order valence-electron chi connectivity index (χ4n) is 3.81. The molecule has 0 aromatic heterocycles. The van der Waals surface area contributed by atoms with Gasteiger partial charge in [-0.05, 0) is 24.8 Å². The Hall–Kier alpha value is -2.08. The van der Waals surface area contributed by atoms with Gasteiger partial charge in [0.25, 0.3) is 0 Å². The Morgan fingerprint density at radius 2 is 1.96 bits per heavy atom. The molecule has 2 aliphatic rings. The quantitative estimate of drug-likeness (QED) is 0.858. The van der Waals surface area contributed by atoms with E-state index in [0.717, 1.165) is 5.56 Å². The van der Waals surface area contributed by atoms with E-state index < -0.39 is 17.0 Å². The molecule has 1 aliphatic heterocycles. The van der Waals surface area contributed by atoms with E-state index in [0.29, 0.717) is 32.4 Å². The molecular formula is C17H22N2O4. The first-order chi connectivity index (χ1) is 11.0. The minimum absolute atomic E-state index is 0.207. The van der Waals surface area contributed by atoms with E-state index in [9.17, 15) is 9.59 Å². The lowest BCUT2D eigenvalue weighted by Crippen LogP contribution is -2.59. The second-order valence-electron chi connectivity index (χ2n) is 6.71. The highest BCUT2D eigenvalue weighted by Crippen LogP contribution is 2.48. The number of likely N-dealkylation sites (tertiary alicyclic amines) is 1. The molecule has 6 heteroatoms. The van der Waals surface area contributed by atoms with Crippen molar-refractivity contribution in [3.63, 3.8) is 0 Å². The molecule has 6 nitrogen and oxygen atoms in total. The number of nitrogens with two attached hydrogens (primary N) is 1. The van der Waals surface area contributed by atoms with E-state index in [2.05, 4.69) is 0 Å². The minimum atomic E-state index is -0.687. The summed E-state index contributed by atoms with van der Waals surface area (Å²) in [7, 11) is 1.38. The number of piperidine rings is 1. The van der Waals surface area contributed by atoms with Crippen LogP contribution in [-0.2, 0) is 20.9 Å². The lowest BCUT2D eigenvalue weighted by Gasteiger charge is -2.41. The summed E-state index contributed by atoms with van der Waals surface area (Å²) in [5.41, 5.74) is 6.06. The van der Waals surface area contributed by atoms with E-state index in [1.807, 2.05) is 30.3 Å². The molecule has 2 fully saturated rings. The zero-order valence-electron chi connectivity index (χ0n) is 13.3. The number of esters is 1. The maximum absolute atomic E-state index is 12.4. The van der Waals surface area contributed by atoms with Crippen LogP contribution in [0.5, 0.6) is 0 Å². The molecule has 0 spiro atoms. The van der Waals surface area contributed by atoms with Crippen LogP contribution in [0.1, 0.15) is 24.8 Å². The normalized spacial score (nSPS) is 29.2. The van der Waals surface area contributed by atoms with Gasteiger partial charge in [-0.2, -0.15) is 0 Å². The number of rotatable bonds is 3. The molecule has 2 N–H and O–H groups in total. The van der Waals surface area contributed by atoms with E-state index in [-0.39, 0.29) is 12.6 Å². The third-order valence-electron chi connectivity index (χ3n) is 4.87. The molecule has 1 heterocycles. The smallest absolute Gasteiger partial charge is 0.410 e. The Morgan fingerprint density at radius 3 is 2.65 bits per heavy atom. The van der Waals surface area contributed by atoms with Crippen LogP contribution >= 0.6 is 0 Å². The van der Waals surface area contributed by atoms with Gasteiger partial charge in [0.15, 0.2) is 0 Å². The van der Waals surface area contributed by atoms with Crippen LogP contribution in [0.25, 0.3) is 0 Å². The molecule has 2 bridgehead atoms. The lowest BCUT2D eigenvalue weighted by molar-refractivity contribution is -0.155. The van der Waals surface area contributed by atoms with Crippen LogP contribution in [0.4, 0.5) is 4.79 Å². The summed E-state index contributed by atoms with van der Waals surface area (Å²) in [4.78, 5) is 26.1. The van der Waals surface area contributed by atoms with Crippen molar-refractivity contribution in [1.29, 1.82) is 0 Å². The van der Waals surface area contributed by atoms with Crippen molar-refractivity contribution in [1.82, 2.24) is 4.90 Å². The molecule has 2 unspecified atom stereocenters. The number of methoxy groups -OCH3 is 1. The lowest BCUT2D eigenvalue weighted by atomic mass is 9.80. The van der Waals surface area contributed by atoms with Gasteiger partial charge in [-0.3, -0.25) is 4.79 Å². The van der Waals surface area contributed by atoms with Gasteiger partial charge in [0.1, 0.15) is 6.61 Å². The molecule has 3 rings (SSSR count). The summed E-state index contributed by atoms with van der Waals surface area (Å²) in [6, 6.07) is 9.49. The van der Waals surface area contributed by atoms with Crippen molar-refractivity contribution in [3.05, 3.63) is 35.9 Å². The molecule has 23 heavy (non-hydrogen) atoms. The Kier molecular flexibility index (Phi) is 4.02. The van der Waals surface area contributed by atoms with Crippen molar-refractivity contribution >= 4 is 12.1 Å². The van der Waals surface area contributed by atoms with Crippen LogP contribution in [0.2, 0.25) is 0 Å². The number of benzene rings is 1. The van der Waals surface area contributed by atoms with Crippen LogP contribution in [0.15, 0.2) is 30.3 Å². The van der Waals surface area contributed by atoms with Gasteiger partial charge in [0, 0.05) is 18.6 Å². The Bertz CT molecular complexity index is 606. The first kappa shape index (κ1) is 15.8. The highest BCUT2D eigenvalue weighted by atomic mass is 16.6. The maximum atomic E-state index is 12.4. The van der Waals surface area contributed by atoms with Crippen LogP contribution < -0.4 is 5.73 Å². The van der Waals surface area contributed by atoms with Crippen LogP contribution in [0.3, 0.4) is 0 Å². The topological polar surface area (TPSA) is 81.9 Å². The van der Waals surface area contributed by atoms with Gasteiger partial charge in [0.05, 0.1) is 12.5 Å². The van der Waals surface area contributed by atoms with Crippen LogP contribution in [0, 0.1) is 5.41 Å². The average molecular weight is 318 g/mol. The van der Waals surface area contributed by atoms with Gasteiger partial charge in [-0.25, -0.2) is 4.79 Å². The van der Waals surface area contributed by atoms with E-state index >= 15 is 0 Å². The number of fused-ring (bicyclic) bond motifs is 2. The molecule has 1 amide bonds. The maximum Gasteiger partial charge on any atom is 0.410 e. The number of amides is 1. The number of ether oxygens (including phenoxy) is 2. The van der Waals surface area contributed by atoms with Crippen LogP contribution in [-0.4, -0.2) is 42.7 Å². The number of nitrogens with zero attached hydrogens (tertiary/aromatic N) is 1. The Morgan fingerprint density at radius 1 is 1.22 bits per heavy atom. The summed E-state index contributed by atoms with van der Waals surface area (Å²) >= 11 is 0. The SMILES string of the molecule is COC(=O)C12CCC(N)(CN(C(=O)OCc3ccccc3)C1)C2. The highest BCUT2D eigenvalue weighted by Gasteiger charge is 2.57. The molecule has 1 aromatic carbocycles. The third-order valence-corrected chi connectivity index (χ3v) is 4.87. The zero-order valence-corrected chi connectivity index (χ0v) is 13.3. The number of carbonyl (C=O) groups excluding carboxylic acids is 2. The Balaban J connectivity index is 1.68. The summed E-state index contributed by atoms with van der Waals surface area (Å²) in [6.45, 7) is 0.935. The molecule has 1 aromatic rings. The number of carbonyl (C=O) groups is 2. The fourth-order valence-corrected chi connectivity index (χ4v) is 3.81. The predicted molar refractivity (Wildman–Crippen MR) is 83.4 cm³/mol. The predicted octanol–water partition coefficient (Wildman–Crippen LogP) is 1.68. The number of hydrogen-bond donors (Lipinski definition) is 1. The third kappa shape index (κ3) is 3.03. The van der Waals surface area contributed by atoms with Crippen molar-refractivity contribution in [2.75, 3.05) is 20.2 Å². The van der Waals surface area contributed by atoms with Gasteiger partial charge in [-0.15, -0.1) is 0 Å². The van der Waals surface area contributed by atoms with E-state index in [1.165, 1.54) is 7.11 Å². The first-order valence-electron chi connectivity index (χ1n) is 7.79. The van der Waals surface area contributed by atoms with Crippen molar-refractivity contribution < 1.29 is 19.1 Å².